The topological polar surface area (TPSA) is 81.9 Å². The number of rotatable bonds is 3. The van der Waals surface area contributed by atoms with Gasteiger partial charge >= 0.3 is 6.09 Å². The number of fused-ring (bicyclic) bond motifs is 1. The van der Waals surface area contributed by atoms with E-state index in [9.17, 15) is 9.59 Å². The summed E-state index contributed by atoms with van der Waals surface area (Å²) in [6.45, 7) is 6.74. The zero-order valence-corrected chi connectivity index (χ0v) is 16.5. The molecule has 1 aromatic rings. The lowest BCUT2D eigenvalue weighted by Crippen LogP contribution is -2.39. The second-order valence-corrected chi connectivity index (χ2v) is 7.88. The Kier molecular flexibility index (Phi) is 5.58. The molecule has 0 atom stereocenters. The van der Waals surface area contributed by atoms with Gasteiger partial charge in [-0.1, -0.05) is 12.1 Å². The third-order valence-electron chi connectivity index (χ3n) is 4.45. The highest BCUT2D eigenvalue weighted by molar-refractivity contribution is 5.95. The normalized spacial score (nSPS) is 16.5. The Bertz CT molecular complexity index is 875. The van der Waals surface area contributed by atoms with Gasteiger partial charge in [-0.15, -0.1) is 0 Å². The molecule has 28 heavy (non-hydrogen) atoms. The van der Waals surface area contributed by atoms with E-state index in [2.05, 4.69) is 0 Å². The van der Waals surface area contributed by atoms with E-state index in [4.69, 9.17) is 15.2 Å². The van der Waals surface area contributed by atoms with Crippen LogP contribution in [-0.2, 0) is 22.5 Å². The molecule has 148 valence electrons. The fourth-order valence-electron chi connectivity index (χ4n) is 3.08. The molecule has 0 radical (unpaired) electrons. The third kappa shape index (κ3) is 5.03. The van der Waals surface area contributed by atoms with Gasteiger partial charge in [0.05, 0.1) is 0 Å². The van der Waals surface area contributed by atoms with Gasteiger partial charge in [0.25, 0.3) is 0 Å². The van der Waals surface area contributed by atoms with Crippen LogP contribution in [0.3, 0.4) is 0 Å². The molecule has 1 aliphatic carbocycles. The molecule has 1 aliphatic heterocycles. The summed E-state index contributed by atoms with van der Waals surface area (Å²) in [5, 5.41) is 0. The van der Waals surface area contributed by atoms with E-state index in [0.717, 1.165) is 23.3 Å². The first kappa shape index (κ1) is 19.7. The summed E-state index contributed by atoms with van der Waals surface area (Å²) in [6, 6.07) is 5.87. The quantitative estimate of drug-likeness (QED) is 0.866. The van der Waals surface area contributed by atoms with Gasteiger partial charge in [-0.25, -0.2) is 4.79 Å². The van der Waals surface area contributed by atoms with E-state index in [1.165, 1.54) is 0 Å². The number of benzene rings is 1. The molecule has 2 amide bonds. The summed E-state index contributed by atoms with van der Waals surface area (Å²) in [5.74, 6) is 0.941. The first-order valence-corrected chi connectivity index (χ1v) is 9.37. The largest absolute Gasteiger partial charge is 0.458 e. The van der Waals surface area contributed by atoms with Crippen molar-refractivity contribution in [2.45, 2.75) is 45.8 Å². The number of allylic oxidation sites excluding steroid dienone is 3. The Morgan fingerprint density at radius 2 is 1.89 bits per heavy atom. The highest BCUT2D eigenvalue weighted by Gasteiger charge is 2.25. The van der Waals surface area contributed by atoms with E-state index in [0.29, 0.717) is 30.8 Å². The van der Waals surface area contributed by atoms with Gasteiger partial charge in [0.2, 0.25) is 5.91 Å². The van der Waals surface area contributed by atoms with Crippen LogP contribution in [0.4, 0.5) is 4.79 Å². The summed E-state index contributed by atoms with van der Waals surface area (Å²) < 4.78 is 11.4. The van der Waals surface area contributed by atoms with Gasteiger partial charge in [-0.2, -0.15) is 0 Å². The molecule has 0 aromatic heterocycles. The molecule has 2 aliphatic rings. The molecule has 2 N–H and O–H groups in total. The Labute approximate surface area is 165 Å². The van der Waals surface area contributed by atoms with Crippen LogP contribution in [-0.4, -0.2) is 29.0 Å². The third-order valence-corrected chi connectivity index (χ3v) is 4.45. The SMILES string of the molecule is CC(C)(C)OC(=O)N1CCc2cc(OC3=CCC=C(C(N)=O)C=C3)ccc2C1. The van der Waals surface area contributed by atoms with E-state index >= 15 is 0 Å². The molecule has 0 bridgehead atoms. The summed E-state index contributed by atoms with van der Waals surface area (Å²) in [7, 11) is 0. The van der Waals surface area contributed by atoms with Crippen LogP contribution in [0.5, 0.6) is 5.75 Å². The number of carbonyl (C=O) groups excluding carboxylic acids is 2. The predicted octanol–water partition coefficient (Wildman–Crippen LogP) is 3.61. The van der Waals surface area contributed by atoms with Crippen molar-refractivity contribution in [2.24, 2.45) is 5.73 Å². The molecule has 0 saturated carbocycles. The maximum absolute atomic E-state index is 12.3. The van der Waals surface area contributed by atoms with Crippen molar-refractivity contribution in [3.05, 3.63) is 65.0 Å². The number of nitrogens with zero attached hydrogens (tertiary/aromatic N) is 1. The number of hydrogen-bond acceptors (Lipinski definition) is 4. The van der Waals surface area contributed by atoms with Crippen LogP contribution in [0.2, 0.25) is 0 Å². The Balaban J connectivity index is 1.66. The highest BCUT2D eigenvalue weighted by Crippen LogP contribution is 2.26. The van der Waals surface area contributed by atoms with Crippen LogP contribution in [0, 0.1) is 0 Å². The number of nitrogens with two attached hydrogens (primary N) is 1. The molecule has 0 unspecified atom stereocenters. The highest BCUT2D eigenvalue weighted by atomic mass is 16.6. The lowest BCUT2D eigenvalue weighted by atomic mass is 10.00. The smallest absolute Gasteiger partial charge is 0.410 e. The van der Waals surface area contributed by atoms with Crippen molar-refractivity contribution in [3.8, 4) is 5.75 Å². The zero-order chi connectivity index (χ0) is 20.3. The molecule has 0 spiro atoms. The van der Waals surface area contributed by atoms with Crippen LogP contribution in [0.25, 0.3) is 0 Å². The molecule has 0 fully saturated rings. The number of amides is 2. The lowest BCUT2D eigenvalue weighted by Gasteiger charge is -2.31. The second-order valence-electron chi connectivity index (χ2n) is 7.88. The predicted molar refractivity (Wildman–Crippen MR) is 107 cm³/mol. The fraction of sp³-hybridized carbons (Fsp3) is 0.364. The van der Waals surface area contributed by atoms with E-state index in [1.54, 1.807) is 23.1 Å². The maximum Gasteiger partial charge on any atom is 0.410 e. The summed E-state index contributed by atoms with van der Waals surface area (Å²) in [4.78, 5) is 25.3. The minimum absolute atomic E-state index is 0.287. The van der Waals surface area contributed by atoms with Crippen LogP contribution in [0.1, 0.15) is 38.3 Å². The molecule has 6 nitrogen and oxygen atoms in total. The van der Waals surface area contributed by atoms with Crippen molar-refractivity contribution in [1.29, 1.82) is 0 Å². The average molecular weight is 382 g/mol. The Morgan fingerprint density at radius 3 is 2.61 bits per heavy atom. The fourth-order valence-corrected chi connectivity index (χ4v) is 3.08. The van der Waals surface area contributed by atoms with Gasteiger partial charge in [-0.3, -0.25) is 4.79 Å². The van der Waals surface area contributed by atoms with Crippen molar-refractivity contribution >= 4 is 12.0 Å². The lowest BCUT2D eigenvalue weighted by molar-refractivity contribution is -0.114. The monoisotopic (exact) mass is 382 g/mol. The number of hydrogen-bond donors (Lipinski definition) is 1. The van der Waals surface area contributed by atoms with E-state index in [-0.39, 0.29) is 6.09 Å². The zero-order valence-electron chi connectivity index (χ0n) is 16.5. The van der Waals surface area contributed by atoms with Crippen LogP contribution < -0.4 is 10.5 Å². The summed E-state index contributed by atoms with van der Waals surface area (Å²) >= 11 is 0. The van der Waals surface area contributed by atoms with Crippen molar-refractivity contribution in [3.63, 3.8) is 0 Å². The van der Waals surface area contributed by atoms with Crippen LogP contribution in [0.15, 0.2) is 53.8 Å². The van der Waals surface area contributed by atoms with Gasteiger partial charge in [0, 0.05) is 18.7 Å². The molecule has 1 heterocycles. The van der Waals surface area contributed by atoms with Crippen LogP contribution >= 0.6 is 0 Å². The molecule has 3 rings (SSSR count). The van der Waals surface area contributed by atoms with Crippen molar-refractivity contribution in [2.75, 3.05) is 6.54 Å². The van der Waals surface area contributed by atoms with E-state index in [1.807, 2.05) is 45.0 Å². The minimum atomic E-state index is -0.502. The van der Waals surface area contributed by atoms with Gasteiger partial charge in [0.15, 0.2) is 0 Å². The van der Waals surface area contributed by atoms with Crippen molar-refractivity contribution < 1.29 is 19.1 Å². The minimum Gasteiger partial charge on any atom is -0.458 e. The molecule has 6 heteroatoms. The molecule has 0 saturated heterocycles. The Morgan fingerprint density at radius 1 is 1.11 bits per heavy atom. The Hall–Kier alpha value is -3.02. The maximum atomic E-state index is 12.3. The molecule has 1 aromatic carbocycles. The summed E-state index contributed by atoms with van der Waals surface area (Å²) in [5.41, 5.74) is 7.54. The van der Waals surface area contributed by atoms with Gasteiger partial charge < -0.3 is 20.1 Å². The standard InChI is InChI=1S/C22H26N2O4/c1-22(2,3)28-21(26)24-12-11-16-13-19(10-8-17(16)14-24)27-18-6-4-5-15(7-9-18)20(23)25/h5-10,13H,4,11-12,14H2,1-3H3,(H2,23,25). The summed E-state index contributed by atoms with van der Waals surface area (Å²) in [6.07, 6.45) is 8.12. The van der Waals surface area contributed by atoms with E-state index < -0.39 is 11.5 Å². The number of ether oxygens (including phenoxy) is 2. The van der Waals surface area contributed by atoms with Gasteiger partial charge in [0.1, 0.15) is 17.1 Å². The first-order valence-electron chi connectivity index (χ1n) is 9.37. The molecular formula is C22H26N2O4. The molecular weight excluding hydrogens is 356 g/mol. The first-order chi connectivity index (χ1) is 13.2. The average Bonchev–Trinajstić information content (AvgIpc) is 2.85. The van der Waals surface area contributed by atoms with Crippen molar-refractivity contribution in [1.82, 2.24) is 4.90 Å². The van der Waals surface area contributed by atoms with Gasteiger partial charge in [-0.05, 0) is 75.1 Å². The number of carbonyl (C=O) groups is 2. The second kappa shape index (κ2) is 7.92. The number of primary amides is 1.